The number of esters is 1. The number of carbonyl (C=O) groups is 1. The highest BCUT2D eigenvalue weighted by Gasteiger charge is 2.16. The number of methoxy groups -OCH3 is 1. The number of nitrogens with one attached hydrogen (secondary N) is 1. The third-order valence-corrected chi connectivity index (χ3v) is 3.78. The van der Waals surface area contributed by atoms with Gasteiger partial charge in [-0.2, -0.15) is 0 Å². The van der Waals surface area contributed by atoms with Crippen molar-refractivity contribution in [1.29, 1.82) is 0 Å². The minimum absolute atomic E-state index is 0.345. The second kappa shape index (κ2) is 7.26. The fourth-order valence-electron chi connectivity index (χ4n) is 2.64. The van der Waals surface area contributed by atoms with Crippen molar-refractivity contribution in [2.45, 2.75) is 19.8 Å². The van der Waals surface area contributed by atoms with Crippen LogP contribution >= 0.6 is 0 Å². The molecule has 0 aromatic carbocycles. The van der Waals surface area contributed by atoms with Crippen molar-refractivity contribution in [3.63, 3.8) is 0 Å². The number of nitrogens with zero attached hydrogens (tertiary/aromatic N) is 2. The summed E-state index contributed by atoms with van der Waals surface area (Å²) in [6, 6.07) is 1.57. The molecule has 6 nitrogen and oxygen atoms in total. The smallest absolute Gasteiger partial charge is 0.340 e. The Hall–Kier alpha value is -1.82. The number of aromatic nitrogens is 1. The number of hydrogen-bond donors (Lipinski definition) is 2. The van der Waals surface area contributed by atoms with Gasteiger partial charge in [-0.3, -0.25) is 0 Å². The van der Waals surface area contributed by atoms with Gasteiger partial charge in [-0.1, -0.05) is 6.92 Å². The van der Waals surface area contributed by atoms with E-state index in [-0.39, 0.29) is 0 Å². The van der Waals surface area contributed by atoms with E-state index in [1.165, 1.54) is 33.0 Å². The van der Waals surface area contributed by atoms with Gasteiger partial charge in [0.05, 0.1) is 18.4 Å². The van der Waals surface area contributed by atoms with Gasteiger partial charge >= 0.3 is 5.97 Å². The highest BCUT2D eigenvalue weighted by atomic mass is 16.5. The zero-order chi connectivity index (χ0) is 15.2. The molecule has 0 amide bonds. The van der Waals surface area contributed by atoms with Gasteiger partial charge in [0.2, 0.25) is 0 Å². The number of anilines is 2. The van der Waals surface area contributed by atoms with Crippen LogP contribution in [0.4, 0.5) is 11.5 Å². The Morgan fingerprint density at radius 3 is 2.90 bits per heavy atom. The summed E-state index contributed by atoms with van der Waals surface area (Å²) in [4.78, 5) is 18.3. The molecule has 0 radical (unpaired) electrons. The maximum absolute atomic E-state index is 11.6. The number of hydrogen-bond acceptors (Lipinski definition) is 6. The Bertz CT molecular complexity index is 487. The fourth-order valence-corrected chi connectivity index (χ4v) is 2.64. The number of nitrogens with two attached hydrogens (primary N) is 1. The lowest BCUT2D eigenvalue weighted by Crippen LogP contribution is -2.29. The normalized spacial score (nSPS) is 16.7. The third kappa shape index (κ3) is 4.07. The lowest BCUT2D eigenvalue weighted by Gasteiger charge is -2.21. The van der Waals surface area contributed by atoms with Gasteiger partial charge in [-0.15, -0.1) is 0 Å². The number of carbonyl (C=O) groups excluding carboxylic acids is 1. The van der Waals surface area contributed by atoms with Crippen molar-refractivity contribution in [3.8, 4) is 0 Å². The van der Waals surface area contributed by atoms with E-state index in [4.69, 9.17) is 10.5 Å². The highest BCUT2D eigenvalue weighted by Crippen LogP contribution is 2.21. The van der Waals surface area contributed by atoms with E-state index in [9.17, 15) is 4.79 Å². The summed E-state index contributed by atoms with van der Waals surface area (Å²) in [6.07, 6.45) is 4.17. The van der Waals surface area contributed by atoms with E-state index in [1.54, 1.807) is 12.3 Å². The van der Waals surface area contributed by atoms with Crippen LogP contribution in [0.2, 0.25) is 0 Å². The standard InChI is InChI=1S/C15H24N4O2/c1-11(10-19-7-3-4-8-19)9-18-14-13(16)12(5-6-17-14)15(20)21-2/h5-6,11H,3-4,7-10,16H2,1-2H3,(H,17,18). The molecule has 1 fully saturated rings. The minimum Gasteiger partial charge on any atom is -0.465 e. The van der Waals surface area contributed by atoms with Crippen LogP contribution in [0.15, 0.2) is 12.3 Å². The number of pyridine rings is 1. The van der Waals surface area contributed by atoms with Crippen molar-refractivity contribution >= 4 is 17.5 Å². The van der Waals surface area contributed by atoms with Gasteiger partial charge in [-0.25, -0.2) is 9.78 Å². The highest BCUT2D eigenvalue weighted by molar-refractivity contribution is 5.97. The van der Waals surface area contributed by atoms with Crippen LogP contribution in [0.25, 0.3) is 0 Å². The lowest BCUT2D eigenvalue weighted by molar-refractivity contribution is 0.0602. The van der Waals surface area contributed by atoms with Gasteiger partial charge < -0.3 is 20.7 Å². The van der Waals surface area contributed by atoms with Gasteiger partial charge in [0.1, 0.15) is 5.82 Å². The van der Waals surface area contributed by atoms with Crippen LogP contribution in [-0.2, 0) is 4.74 Å². The van der Waals surface area contributed by atoms with Crippen LogP contribution in [0.1, 0.15) is 30.1 Å². The first-order valence-electron chi connectivity index (χ1n) is 7.41. The third-order valence-electron chi connectivity index (χ3n) is 3.78. The first-order valence-corrected chi connectivity index (χ1v) is 7.41. The Balaban J connectivity index is 1.91. The molecular formula is C15H24N4O2. The second-order valence-electron chi connectivity index (χ2n) is 5.61. The molecule has 1 unspecified atom stereocenters. The van der Waals surface area contributed by atoms with Crippen LogP contribution in [-0.4, -0.2) is 49.1 Å². The van der Waals surface area contributed by atoms with E-state index in [0.29, 0.717) is 23.0 Å². The summed E-state index contributed by atoms with van der Waals surface area (Å²) >= 11 is 0. The molecule has 3 N–H and O–H groups in total. The number of ether oxygens (including phenoxy) is 1. The molecule has 1 atom stereocenters. The molecular weight excluding hydrogens is 268 g/mol. The van der Waals surface area contributed by atoms with E-state index in [0.717, 1.165) is 13.1 Å². The maximum atomic E-state index is 11.6. The quantitative estimate of drug-likeness (QED) is 0.775. The zero-order valence-electron chi connectivity index (χ0n) is 12.8. The zero-order valence-corrected chi connectivity index (χ0v) is 12.8. The molecule has 1 aromatic rings. The lowest BCUT2D eigenvalue weighted by atomic mass is 10.1. The topological polar surface area (TPSA) is 80.5 Å². The molecule has 6 heteroatoms. The van der Waals surface area contributed by atoms with Crippen molar-refractivity contribution < 1.29 is 9.53 Å². The van der Waals surface area contributed by atoms with Crippen molar-refractivity contribution in [2.24, 2.45) is 5.92 Å². The largest absolute Gasteiger partial charge is 0.465 e. The maximum Gasteiger partial charge on any atom is 0.340 e. The van der Waals surface area contributed by atoms with Crippen LogP contribution in [0, 0.1) is 5.92 Å². The summed E-state index contributed by atoms with van der Waals surface area (Å²) in [6.45, 7) is 6.44. The Kier molecular flexibility index (Phi) is 5.38. The van der Waals surface area contributed by atoms with Crippen LogP contribution in [0.5, 0.6) is 0 Å². The molecule has 0 saturated carbocycles. The average Bonchev–Trinajstić information content (AvgIpc) is 2.98. The molecule has 116 valence electrons. The van der Waals surface area contributed by atoms with Gasteiger partial charge in [0.15, 0.2) is 0 Å². The molecule has 21 heavy (non-hydrogen) atoms. The SMILES string of the molecule is COC(=O)c1ccnc(NCC(C)CN2CCCC2)c1N. The van der Waals surface area contributed by atoms with E-state index in [1.807, 2.05) is 0 Å². The number of nitrogen functional groups attached to an aromatic ring is 1. The Morgan fingerprint density at radius 2 is 2.24 bits per heavy atom. The van der Waals surface area contributed by atoms with Crippen molar-refractivity contribution in [1.82, 2.24) is 9.88 Å². The van der Waals surface area contributed by atoms with Gasteiger partial charge in [0, 0.05) is 19.3 Å². The summed E-state index contributed by atoms with van der Waals surface area (Å²) in [7, 11) is 1.34. The molecule has 2 heterocycles. The van der Waals surface area contributed by atoms with Crippen LogP contribution < -0.4 is 11.1 Å². The average molecular weight is 292 g/mol. The van der Waals surface area contributed by atoms with Gasteiger partial charge in [-0.05, 0) is 37.9 Å². The molecule has 1 aliphatic heterocycles. The second-order valence-corrected chi connectivity index (χ2v) is 5.61. The molecule has 0 bridgehead atoms. The first-order chi connectivity index (χ1) is 10.1. The van der Waals surface area contributed by atoms with Crippen molar-refractivity contribution in [2.75, 3.05) is 44.3 Å². The predicted molar refractivity (Wildman–Crippen MR) is 83.3 cm³/mol. The summed E-state index contributed by atoms with van der Waals surface area (Å²) in [5.41, 5.74) is 6.67. The Labute approximate surface area is 125 Å². The number of rotatable bonds is 6. The molecule has 2 rings (SSSR count). The predicted octanol–water partition coefficient (Wildman–Crippen LogP) is 1.59. The summed E-state index contributed by atoms with van der Waals surface area (Å²) in [5.74, 6) is 0.598. The molecule has 0 aliphatic carbocycles. The first kappa shape index (κ1) is 15.6. The van der Waals surface area contributed by atoms with E-state index in [2.05, 4.69) is 22.1 Å². The monoisotopic (exact) mass is 292 g/mol. The van der Waals surface area contributed by atoms with E-state index < -0.39 is 5.97 Å². The summed E-state index contributed by atoms with van der Waals surface area (Å²) in [5, 5.41) is 3.24. The van der Waals surface area contributed by atoms with Crippen molar-refractivity contribution in [3.05, 3.63) is 17.8 Å². The fraction of sp³-hybridized carbons (Fsp3) is 0.600. The summed E-state index contributed by atoms with van der Waals surface area (Å²) < 4.78 is 4.71. The molecule has 0 spiro atoms. The van der Waals surface area contributed by atoms with Crippen LogP contribution in [0.3, 0.4) is 0 Å². The van der Waals surface area contributed by atoms with E-state index >= 15 is 0 Å². The molecule has 1 aromatic heterocycles. The Morgan fingerprint density at radius 1 is 1.52 bits per heavy atom. The number of likely N-dealkylation sites (tertiary alicyclic amines) is 1. The molecule has 1 aliphatic rings. The molecule has 1 saturated heterocycles. The minimum atomic E-state index is -0.442. The van der Waals surface area contributed by atoms with Gasteiger partial charge in [0.25, 0.3) is 0 Å².